The summed E-state index contributed by atoms with van der Waals surface area (Å²) in [7, 11) is 0. The standard InChI is InChI=1S/C13H13Cl2NO/c1-4-5-13(2,3)16-12(17)9-6-10(14)8-11(15)7-9/h6-8H,1-3H3,(H,16,17). The molecule has 90 valence electrons. The van der Waals surface area contributed by atoms with Gasteiger partial charge < -0.3 is 5.32 Å². The molecule has 0 spiro atoms. The molecule has 0 aliphatic heterocycles. The number of hydrogen-bond donors (Lipinski definition) is 1. The van der Waals surface area contributed by atoms with Crippen molar-refractivity contribution in [1.82, 2.24) is 5.32 Å². The molecule has 17 heavy (non-hydrogen) atoms. The summed E-state index contributed by atoms with van der Waals surface area (Å²) in [5.74, 6) is 5.43. The minimum absolute atomic E-state index is 0.248. The van der Waals surface area contributed by atoms with Gasteiger partial charge in [0.1, 0.15) is 0 Å². The molecule has 0 fully saturated rings. The van der Waals surface area contributed by atoms with Crippen molar-refractivity contribution in [2.24, 2.45) is 0 Å². The van der Waals surface area contributed by atoms with Gasteiger partial charge in [0.2, 0.25) is 0 Å². The lowest BCUT2D eigenvalue weighted by molar-refractivity contribution is 0.0930. The van der Waals surface area contributed by atoms with E-state index in [1.54, 1.807) is 25.1 Å². The lowest BCUT2D eigenvalue weighted by atomic mass is 10.1. The Kier molecular flexibility index (Phi) is 4.45. The smallest absolute Gasteiger partial charge is 0.252 e. The zero-order valence-corrected chi connectivity index (χ0v) is 11.4. The van der Waals surface area contributed by atoms with Gasteiger partial charge in [-0.2, -0.15) is 0 Å². The van der Waals surface area contributed by atoms with Crippen LogP contribution in [-0.2, 0) is 0 Å². The van der Waals surface area contributed by atoms with Crippen LogP contribution >= 0.6 is 23.2 Å². The summed E-state index contributed by atoms with van der Waals surface area (Å²) in [6, 6.07) is 4.72. The molecule has 4 heteroatoms. The minimum atomic E-state index is -0.583. The molecule has 0 aliphatic rings. The lowest BCUT2D eigenvalue weighted by Gasteiger charge is -2.19. The maximum atomic E-state index is 11.9. The Balaban J connectivity index is 2.93. The fraction of sp³-hybridized carbons (Fsp3) is 0.308. The summed E-state index contributed by atoms with van der Waals surface area (Å²) in [4.78, 5) is 11.9. The largest absolute Gasteiger partial charge is 0.336 e. The van der Waals surface area contributed by atoms with Gasteiger partial charge in [-0.15, -0.1) is 5.92 Å². The van der Waals surface area contributed by atoms with E-state index >= 15 is 0 Å². The zero-order valence-electron chi connectivity index (χ0n) is 9.90. The van der Waals surface area contributed by atoms with E-state index in [9.17, 15) is 4.79 Å². The van der Waals surface area contributed by atoms with Gasteiger partial charge in [0, 0.05) is 15.6 Å². The Bertz CT molecular complexity index is 478. The summed E-state index contributed by atoms with van der Waals surface area (Å²) >= 11 is 11.7. The zero-order chi connectivity index (χ0) is 13.1. The van der Waals surface area contributed by atoms with E-state index in [1.165, 1.54) is 0 Å². The van der Waals surface area contributed by atoms with E-state index in [0.717, 1.165) is 0 Å². The summed E-state index contributed by atoms with van der Waals surface area (Å²) in [6.45, 7) is 5.38. The normalized spacial score (nSPS) is 10.4. The molecule has 0 radical (unpaired) electrons. The van der Waals surface area contributed by atoms with Crippen molar-refractivity contribution in [2.75, 3.05) is 0 Å². The van der Waals surface area contributed by atoms with Gasteiger partial charge in [0.25, 0.3) is 5.91 Å². The Morgan fingerprint density at radius 1 is 1.24 bits per heavy atom. The Hall–Kier alpha value is -1.17. The van der Waals surface area contributed by atoms with Crippen LogP contribution in [0.2, 0.25) is 10.0 Å². The van der Waals surface area contributed by atoms with Crippen LogP contribution in [0.15, 0.2) is 18.2 Å². The van der Waals surface area contributed by atoms with Crippen LogP contribution in [0.1, 0.15) is 31.1 Å². The molecule has 0 unspecified atom stereocenters. The highest BCUT2D eigenvalue weighted by molar-refractivity contribution is 6.35. The van der Waals surface area contributed by atoms with Gasteiger partial charge in [-0.3, -0.25) is 4.79 Å². The highest BCUT2D eigenvalue weighted by atomic mass is 35.5. The second-order valence-corrected chi connectivity index (χ2v) is 4.99. The van der Waals surface area contributed by atoms with Gasteiger partial charge in [-0.25, -0.2) is 0 Å². The van der Waals surface area contributed by atoms with Crippen molar-refractivity contribution in [3.8, 4) is 11.8 Å². The van der Waals surface area contributed by atoms with Crippen LogP contribution in [0.3, 0.4) is 0 Å². The number of hydrogen-bond acceptors (Lipinski definition) is 1. The fourth-order valence-electron chi connectivity index (χ4n) is 1.38. The molecule has 1 N–H and O–H groups in total. The Morgan fingerprint density at radius 3 is 2.24 bits per heavy atom. The fourth-order valence-corrected chi connectivity index (χ4v) is 1.91. The third kappa shape index (κ3) is 4.30. The number of carbonyl (C=O) groups is 1. The molecule has 0 aliphatic carbocycles. The summed E-state index contributed by atoms with van der Waals surface area (Å²) in [6.07, 6.45) is 0. The SMILES string of the molecule is CC#CC(C)(C)NC(=O)c1cc(Cl)cc(Cl)c1. The third-order valence-electron chi connectivity index (χ3n) is 1.99. The van der Waals surface area contributed by atoms with Crippen molar-refractivity contribution in [1.29, 1.82) is 0 Å². The van der Waals surface area contributed by atoms with Gasteiger partial charge in [0.05, 0.1) is 5.54 Å². The molecule has 0 saturated heterocycles. The topological polar surface area (TPSA) is 29.1 Å². The van der Waals surface area contributed by atoms with Crippen LogP contribution in [-0.4, -0.2) is 11.4 Å². The number of carbonyl (C=O) groups excluding carboxylic acids is 1. The average Bonchev–Trinajstić information content (AvgIpc) is 2.14. The van der Waals surface area contributed by atoms with Crippen LogP contribution < -0.4 is 5.32 Å². The van der Waals surface area contributed by atoms with Crippen LogP contribution in [0.5, 0.6) is 0 Å². The first-order valence-corrected chi connectivity index (χ1v) is 5.82. The maximum absolute atomic E-state index is 11.9. The average molecular weight is 270 g/mol. The predicted molar refractivity (Wildman–Crippen MR) is 71.5 cm³/mol. The highest BCUT2D eigenvalue weighted by Gasteiger charge is 2.18. The van der Waals surface area contributed by atoms with Crippen molar-refractivity contribution in [2.45, 2.75) is 26.3 Å². The molecule has 1 aromatic rings. The number of benzene rings is 1. The number of amides is 1. The van der Waals surface area contributed by atoms with Gasteiger partial charge >= 0.3 is 0 Å². The van der Waals surface area contributed by atoms with Crippen LogP contribution in [0.4, 0.5) is 0 Å². The molecule has 1 aromatic carbocycles. The van der Waals surface area contributed by atoms with E-state index < -0.39 is 5.54 Å². The molecular formula is C13H13Cl2NO. The molecule has 0 atom stereocenters. The van der Waals surface area contributed by atoms with Gasteiger partial charge in [-0.1, -0.05) is 29.1 Å². The van der Waals surface area contributed by atoms with Crippen LogP contribution in [0, 0.1) is 11.8 Å². The number of halogens is 2. The minimum Gasteiger partial charge on any atom is -0.336 e. The van der Waals surface area contributed by atoms with E-state index in [-0.39, 0.29) is 5.91 Å². The quantitative estimate of drug-likeness (QED) is 0.818. The van der Waals surface area contributed by atoms with Gasteiger partial charge in [0.15, 0.2) is 0 Å². The van der Waals surface area contributed by atoms with Crippen LogP contribution in [0.25, 0.3) is 0 Å². The highest BCUT2D eigenvalue weighted by Crippen LogP contribution is 2.19. The molecule has 0 bridgehead atoms. The summed E-state index contributed by atoms with van der Waals surface area (Å²) in [5.41, 5.74) is -0.158. The van der Waals surface area contributed by atoms with Crippen molar-refractivity contribution in [3.63, 3.8) is 0 Å². The number of rotatable bonds is 2. The van der Waals surface area contributed by atoms with Crippen molar-refractivity contribution >= 4 is 29.1 Å². The first-order valence-electron chi connectivity index (χ1n) is 5.06. The monoisotopic (exact) mass is 269 g/mol. The predicted octanol–water partition coefficient (Wildman–Crippen LogP) is 3.53. The van der Waals surface area contributed by atoms with E-state index in [2.05, 4.69) is 17.2 Å². The van der Waals surface area contributed by atoms with E-state index in [4.69, 9.17) is 23.2 Å². The Morgan fingerprint density at radius 2 is 1.76 bits per heavy atom. The molecule has 0 aromatic heterocycles. The lowest BCUT2D eigenvalue weighted by Crippen LogP contribution is -2.42. The molecule has 1 amide bonds. The second kappa shape index (κ2) is 5.44. The van der Waals surface area contributed by atoms with E-state index in [1.807, 2.05) is 13.8 Å². The van der Waals surface area contributed by atoms with Crippen molar-refractivity contribution < 1.29 is 4.79 Å². The Labute approximate surface area is 111 Å². The van der Waals surface area contributed by atoms with E-state index in [0.29, 0.717) is 15.6 Å². The number of nitrogens with one attached hydrogen (secondary N) is 1. The molecular weight excluding hydrogens is 257 g/mol. The summed E-state index contributed by atoms with van der Waals surface area (Å²) in [5, 5.41) is 3.66. The summed E-state index contributed by atoms with van der Waals surface area (Å²) < 4.78 is 0. The second-order valence-electron chi connectivity index (χ2n) is 4.11. The first kappa shape index (κ1) is 13.9. The molecule has 0 heterocycles. The van der Waals surface area contributed by atoms with Gasteiger partial charge in [-0.05, 0) is 39.0 Å². The molecule has 0 saturated carbocycles. The van der Waals surface area contributed by atoms with Crippen molar-refractivity contribution in [3.05, 3.63) is 33.8 Å². The third-order valence-corrected chi connectivity index (χ3v) is 2.42. The first-order chi connectivity index (χ1) is 7.84. The molecule has 2 nitrogen and oxygen atoms in total. The maximum Gasteiger partial charge on any atom is 0.252 e. The molecule has 1 rings (SSSR count).